The van der Waals surface area contributed by atoms with Gasteiger partial charge in [0.1, 0.15) is 40.4 Å². The van der Waals surface area contributed by atoms with Crippen LogP contribution in [0.15, 0.2) is 146 Å². The van der Waals surface area contributed by atoms with Crippen molar-refractivity contribution in [3.05, 3.63) is 226 Å². The first-order valence-electron chi connectivity index (χ1n) is 29.9. The molecule has 15 heteroatoms. The first-order valence-corrected chi connectivity index (χ1v) is 29.9. The second-order valence-corrected chi connectivity index (χ2v) is 23.4. The lowest BCUT2D eigenvalue weighted by Crippen LogP contribution is -2.01. The molecule has 2 N–H and O–H groups in total. The van der Waals surface area contributed by atoms with Gasteiger partial charge in [-0.1, -0.05) is 119 Å². The van der Waals surface area contributed by atoms with Gasteiger partial charge in [-0.25, -0.2) is 43.1 Å². The van der Waals surface area contributed by atoms with Crippen molar-refractivity contribution in [3.63, 3.8) is 0 Å². The Kier molecular flexibility index (Phi) is 23.3. The van der Waals surface area contributed by atoms with Gasteiger partial charge in [-0.05, 0) is 163 Å². The van der Waals surface area contributed by atoms with E-state index in [0.717, 1.165) is 77.6 Å². The van der Waals surface area contributed by atoms with E-state index in [4.69, 9.17) is 5.11 Å². The fourth-order valence-corrected chi connectivity index (χ4v) is 10.3. The quantitative estimate of drug-likeness (QED) is 0.148. The van der Waals surface area contributed by atoms with E-state index in [1.807, 2.05) is 147 Å². The summed E-state index contributed by atoms with van der Waals surface area (Å²) < 4.78 is 40.3. The zero-order valence-corrected chi connectivity index (χ0v) is 53.2. The Morgan fingerprint density at radius 1 is 0.375 bits per heavy atom. The summed E-state index contributed by atoms with van der Waals surface area (Å²) in [6.07, 6.45) is 9.20. The Morgan fingerprint density at radius 3 is 1.50 bits per heavy atom. The highest BCUT2D eigenvalue weighted by Crippen LogP contribution is 2.30. The zero-order valence-electron chi connectivity index (χ0n) is 53.2. The number of fused-ring (bicyclic) bond motifs is 6. The van der Waals surface area contributed by atoms with Crippen LogP contribution in [0.4, 0.5) is 13.2 Å². The van der Waals surface area contributed by atoms with E-state index in [9.17, 15) is 18.3 Å². The number of para-hydroxylation sites is 1. The molecular weight excluding hydrogens is 1110 g/mol. The number of hydrogen-bond donors (Lipinski definition) is 2. The van der Waals surface area contributed by atoms with Gasteiger partial charge < -0.3 is 10.2 Å². The number of benzene rings is 5. The van der Waals surface area contributed by atoms with Crippen LogP contribution in [-0.2, 0) is 13.2 Å². The summed E-state index contributed by atoms with van der Waals surface area (Å²) in [6.45, 7) is 30.8. The second kappa shape index (κ2) is 30.7. The smallest absolute Gasteiger partial charge is 0.149 e. The minimum absolute atomic E-state index is 0.0722. The van der Waals surface area contributed by atoms with Crippen LogP contribution in [0.25, 0.3) is 65.4 Å². The van der Waals surface area contributed by atoms with Crippen molar-refractivity contribution in [3.8, 4) is 0 Å². The van der Waals surface area contributed by atoms with E-state index in [0.29, 0.717) is 45.8 Å². The van der Waals surface area contributed by atoms with E-state index in [1.54, 1.807) is 31.3 Å². The number of pyridine rings is 4. The Labute approximate surface area is 515 Å². The van der Waals surface area contributed by atoms with Gasteiger partial charge in [0.25, 0.3) is 0 Å². The first-order chi connectivity index (χ1) is 42.0. The average molecular weight is 1190 g/mol. The third kappa shape index (κ3) is 16.6. The maximum absolute atomic E-state index is 13.7. The number of aliphatic hydroxyl groups excluding tert-OH is 2. The zero-order chi connectivity index (χ0) is 63.9. The Hall–Kier alpha value is -8.79. The molecule has 0 fully saturated rings. The number of aliphatic hydroxyl groups is 2. The van der Waals surface area contributed by atoms with Gasteiger partial charge in [0.2, 0.25) is 0 Å². The minimum atomic E-state index is -0.278. The average Bonchev–Trinajstić information content (AvgIpc) is 2.44. The minimum Gasteiger partial charge on any atom is -0.392 e. The molecule has 0 aliphatic rings. The fraction of sp³-hybridized carbons (Fsp3) is 0.315. The molecule has 7 aromatic heterocycles. The molecule has 0 atom stereocenters. The van der Waals surface area contributed by atoms with E-state index >= 15 is 0 Å². The van der Waals surface area contributed by atoms with Gasteiger partial charge in [0.15, 0.2) is 0 Å². The lowest BCUT2D eigenvalue weighted by molar-refractivity contribution is 0.282. The molecule has 12 rings (SSSR count). The molecule has 88 heavy (non-hydrogen) atoms. The van der Waals surface area contributed by atoms with Crippen molar-refractivity contribution in [1.82, 2.24) is 49.8 Å². The molecule has 12 aromatic rings. The van der Waals surface area contributed by atoms with Crippen LogP contribution in [0.5, 0.6) is 0 Å². The van der Waals surface area contributed by atoms with Gasteiger partial charge >= 0.3 is 0 Å². The third-order valence-electron chi connectivity index (χ3n) is 14.6. The van der Waals surface area contributed by atoms with Crippen molar-refractivity contribution < 1.29 is 23.4 Å². The maximum Gasteiger partial charge on any atom is 0.149 e. The van der Waals surface area contributed by atoms with Crippen LogP contribution < -0.4 is 0 Å². The van der Waals surface area contributed by atoms with Crippen molar-refractivity contribution in [2.75, 3.05) is 0 Å². The highest BCUT2D eigenvalue weighted by Gasteiger charge is 2.16. The van der Waals surface area contributed by atoms with Crippen molar-refractivity contribution in [2.24, 2.45) is 0 Å². The topological polar surface area (TPSA) is 169 Å². The molecule has 0 saturated carbocycles. The van der Waals surface area contributed by atoms with Crippen molar-refractivity contribution in [1.29, 1.82) is 0 Å². The highest BCUT2D eigenvalue weighted by atomic mass is 19.1. The lowest BCUT2D eigenvalue weighted by Gasteiger charge is -2.12. The highest BCUT2D eigenvalue weighted by molar-refractivity contribution is 5.87. The predicted octanol–water partition coefficient (Wildman–Crippen LogP) is 18.1. The molecule has 0 aliphatic heterocycles. The molecule has 7 heterocycles. The second-order valence-electron chi connectivity index (χ2n) is 23.4. The van der Waals surface area contributed by atoms with E-state index in [1.165, 1.54) is 46.3 Å². The predicted molar refractivity (Wildman–Crippen MR) is 352 cm³/mol. The van der Waals surface area contributed by atoms with Crippen LogP contribution in [-0.4, -0.2) is 60.1 Å². The summed E-state index contributed by atoms with van der Waals surface area (Å²) in [5, 5.41) is 24.0. The molecule has 0 radical (unpaired) electrons. The SMILES string of the molecule is CC(C)c1ccnc2ccc(CO)cc12.CC(C)c1ccnc2cccc(CO)c12.CC(C)c1ccnc2ccncc12.Cc1nc(C(C)C)c2c(F)cccc2n1.Cc1nc(C(C)C)c2cc(F)ccc2n1.Cc1nc(C(C)C)c2cccc(F)c2n1. The summed E-state index contributed by atoms with van der Waals surface area (Å²) in [5.74, 6) is 3.49. The van der Waals surface area contributed by atoms with Crippen LogP contribution >= 0.6 is 0 Å². The van der Waals surface area contributed by atoms with Crippen molar-refractivity contribution in [2.45, 2.75) is 153 Å². The van der Waals surface area contributed by atoms with Gasteiger partial charge in [-0.2, -0.15) is 0 Å². The molecule has 0 aliphatic carbocycles. The first kappa shape index (κ1) is 66.7. The number of aryl methyl sites for hydroxylation is 3. The van der Waals surface area contributed by atoms with Crippen LogP contribution in [0.3, 0.4) is 0 Å². The summed E-state index contributed by atoms with van der Waals surface area (Å²) in [4.78, 5) is 42.7. The summed E-state index contributed by atoms with van der Waals surface area (Å²) >= 11 is 0. The molecule has 5 aromatic carbocycles. The van der Waals surface area contributed by atoms with E-state index < -0.39 is 0 Å². The molecule has 0 bridgehead atoms. The molecule has 456 valence electrons. The molecule has 0 saturated heterocycles. The van der Waals surface area contributed by atoms with Crippen LogP contribution in [0.1, 0.15) is 181 Å². The summed E-state index contributed by atoms with van der Waals surface area (Å²) in [5.41, 5.74) is 13.3. The third-order valence-corrected chi connectivity index (χ3v) is 14.6. The number of nitrogens with zero attached hydrogens (tertiary/aromatic N) is 10. The van der Waals surface area contributed by atoms with E-state index in [2.05, 4.69) is 97.4 Å². The lowest BCUT2D eigenvalue weighted by atomic mass is 9.96. The maximum atomic E-state index is 13.7. The Morgan fingerprint density at radius 2 is 0.886 bits per heavy atom. The van der Waals surface area contributed by atoms with Gasteiger partial charge in [-0.15, -0.1) is 0 Å². The Bertz CT molecular complexity index is 4300. The molecular formula is C73H81F3N10O2. The molecule has 12 nitrogen and oxygen atoms in total. The molecule has 0 unspecified atom stereocenters. The number of hydrogen-bond acceptors (Lipinski definition) is 12. The van der Waals surface area contributed by atoms with Crippen molar-refractivity contribution >= 4 is 65.4 Å². The van der Waals surface area contributed by atoms with Crippen LogP contribution in [0.2, 0.25) is 0 Å². The normalized spacial score (nSPS) is 11.2. The van der Waals surface area contributed by atoms with E-state index in [-0.39, 0.29) is 48.4 Å². The fourth-order valence-electron chi connectivity index (χ4n) is 10.3. The standard InChI is InChI=1S/2C13H15NO.3C12H13FN2.C11H12N2/c1-9(2)11-5-6-14-13-4-3-10(8-15)7-12(11)13;1-9(2)11-6-7-14-12-5-3-4-10(8-15)13(11)12;1-7(2)12-10-6-9(13)4-5-11(10)14-8(3)15-12;1-7(2)12-11-9(13)5-4-6-10(11)14-8(3)15-12;1-7(2)11-9-5-4-6-10(13)12(9)15-8(3)14-11;1-8(2)9-3-6-13-11-4-5-12-7-10(9)11/h2*3-7,9,15H,8H2,1-2H3;3*4-7H,1-3H3;3-8H,1-2H3. The van der Waals surface area contributed by atoms with Crippen LogP contribution in [0, 0.1) is 38.2 Å². The van der Waals surface area contributed by atoms with Gasteiger partial charge in [0, 0.05) is 57.9 Å². The summed E-state index contributed by atoms with van der Waals surface area (Å²) in [6, 6.07) is 34.4. The summed E-state index contributed by atoms with van der Waals surface area (Å²) in [7, 11) is 0. The van der Waals surface area contributed by atoms with Gasteiger partial charge in [0.05, 0.1) is 63.3 Å². The molecule has 0 amide bonds. The molecule has 0 spiro atoms. The number of halogens is 3. The number of rotatable bonds is 8. The van der Waals surface area contributed by atoms with Gasteiger partial charge in [-0.3, -0.25) is 19.9 Å². The monoisotopic (exact) mass is 1190 g/mol. The number of aromatic nitrogens is 10. The largest absolute Gasteiger partial charge is 0.392 e. The Balaban J connectivity index is 0.000000151.